The van der Waals surface area contributed by atoms with Crippen LogP contribution in [0.25, 0.3) is 0 Å². The van der Waals surface area contributed by atoms with Crippen molar-refractivity contribution < 1.29 is 4.74 Å². The van der Waals surface area contributed by atoms with Crippen LogP contribution in [0, 0.1) is 3.57 Å². The number of ether oxygens (including phenoxy) is 1. The molecule has 0 radical (unpaired) electrons. The Morgan fingerprint density at radius 3 is 2.53 bits per heavy atom. The summed E-state index contributed by atoms with van der Waals surface area (Å²) < 4.78 is 7.64. The standard InChI is InChI=1S/C15H13BrClIO/c1-2-19-12-6-3-10(4-7-12)15(17)13-9-11(16)5-8-14(13)18/h3-9,15H,2H2,1H3. The van der Waals surface area contributed by atoms with Crippen LogP contribution in [-0.4, -0.2) is 6.61 Å². The third kappa shape index (κ3) is 3.86. The van der Waals surface area contributed by atoms with Gasteiger partial charge in [-0.2, -0.15) is 0 Å². The average molecular weight is 452 g/mol. The molecule has 0 aliphatic rings. The van der Waals surface area contributed by atoms with E-state index in [4.69, 9.17) is 16.3 Å². The topological polar surface area (TPSA) is 9.23 Å². The Hall–Kier alpha value is -0.260. The lowest BCUT2D eigenvalue weighted by Crippen LogP contribution is -1.97. The highest BCUT2D eigenvalue weighted by Gasteiger charge is 2.14. The first-order chi connectivity index (χ1) is 9.11. The Morgan fingerprint density at radius 1 is 1.21 bits per heavy atom. The van der Waals surface area contributed by atoms with Gasteiger partial charge in [-0.05, 0) is 71.0 Å². The van der Waals surface area contributed by atoms with Gasteiger partial charge in [0.2, 0.25) is 0 Å². The molecule has 2 aromatic rings. The van der Waals surface area contributed by atoms with Gasteiger partial charge in [-0.15, -0.1) is 11.6 Å². The van der Waals surface area contributed by atoms with E-state index in [1.807, 2.05) is 37.3 Å². The quantitative estimate of drug-likeness (QED) is 0.423. The van der Waals surface area contributed by atoms with Gasteiger partial charge in [0, 0.05) is 8.04 Å². The Kier molecular flexibility index (Phi) is 5.54. The van der Waals surface area contributed by atoms with Crippen LogP contribution in [-0.2, 0) is 0 Å². The molecule has 0 aromatic heterocycles. The summed E-state index contributed by atoms with van der Waals surface area (Å²) in [5.41, 5.74) is 2.18. The van der Waals surface area contributed by atoms with Crippen molar-refractivity contribution in [2.75, 3.05) is 6.61 Å². The van der Waals surface area contributed by atoms with Gasteiger partial charge in [-0.1, -0.05) is 28.1 Å². The van der Waals surface area contributed by atoms with Gasteiger partial charge >= 0.3 is 0 Å². The van der Waals surface area contributed by atoms with Crippen molar-refractivity contribution >= 4 is 50.1 Å². The van der Waals surface area contributed by atoms with E-state index >= 15 is 0 Å². The molecule has 19 heavy (non-hydrogen) atoms. The molecule has 0 saturated heterocycles. The smallest absolute Gasteiger partial charge is 0.119 e. The van der Waals surface area contributed by atoms with Gasteiger partial charge in [0.1, 0.15) is 5.75 Å². The van der Waals surface area contributed by atoms with E-state index in [0.717, 1.165) is 24.9 Å². The zero-order chi connectivity index (χ0) is 13.8. The molecule has 0 spiro atoms. The van der Waals surface area contributed by atoms with Gasteiger partial charge < -0.3 is 4.74 Å². The molecule has 4 heteroatoms. The fraction of sp³-hybridized carbons (Fsp3) is 0.200. The second-order valence-electron chi connectivity index (χ2n) is 4.03. The molecular weight excluding hydrogens is 438 g/mol. The normalized spacial score (nSPS) is 12.2. The summed E-state index contributed by atoms with van der Waals surface area (Å²) in [5, 5.41) is -0.153. The minimum Gasteiger partial charge on any atom is -0.494 e. The van der Waals surface area contributed by atoms with Crippen LogP contribution in [0.15, 0.2) is 46.9 Å². The van der Waals surface area contributed by atoms with E-state index in [1.54, 1.807) is 0 Å². The predicted molar refractivity (Wildman–Crippen MR) is 92.2 cm³/mol. The van der Waals surface area contributed by atoms with Crippen LogP contribution in [0.5, 0.6) is 5.75 Å². The summed E-state index contributed by atoms with van der Waals surface area (Å²) in [7, 11) is 0. The zero-order valence-corrected chi connectivity index (χ0v) is 14.9. The Morgan fingerprint density at radius 2 is 1.89 bits per heavy atom. The lowest BCUT2D eigenvalue weighted by molar-refractivity contribution is 0.340. The fourth-order valence-electron chi connectivity index (χ4n) is 1.79. The molecule has 0 heterocycles. The maximum Gasteiger partial charge on any atom is 0.119 e. The Bertz CT molecular complexity index is 557. The van der Waals surface area contributed by atoms with Crippen molar-refractivity contribution in [2.24, 2.45) is 0 Å². The molecule has 0 amide bonds. The molecule has 1 unspecified atom stereocenters. The Labute approximate surface area is 140 Å². The number of hydrogen-bond acceptors (Lipinski definition) is 1. The summed E-state index contributed by atoms with van der Waals surface area (Å²) in [6.07, 6.45) is 0. The van der Waals surface area contributed by atoms with Crippen molar-refractivity contribution in [2.45, 2.75) is 12.3 Å². The summed E-state index contributed by atoms with van der Waals surface area (Å²) in [5.74, 6) is 0.874. The van der Waals surface area contributed by atoms with Crippen molar-refractivity contribution in [1.82, 2.24) is 0 Å². The van der Waals surface area contributed by atoms with E-state index < -0.39 is 0 Å². The average Bonchev–Trinajstić information content (AvgIpc) is 2.42. The molecule has 2 rings (SSSR count). The van der Waals surface area contributed by atoms with Crippen molar-refractivity contribution in [1.29, 1.82) is 0 Å². The van der Waals surface area contributed by atoms with Crippen molar-refractivity contribution in [3.05, 3.63) is 61.6 Å². The number of benzene rings is 2. The van der Waals surface area contributed by atoms with Gasteiger partial charge in [-0.3, -0.25) is 0 Å². The summed E-state index contributed by atoms with van der Waals surface area (Å²) >= 11 is 12.4. The maximum absolute atomic E-state index is 6.57. The first-order valence-corrected chi connectivity index (χ1v) is 8.24. The first kappa shape index (κ1) is 15.1. The summed E-state index contributed by atoms with van der Waals surface area (Å²) in [4.78, 5) is 0. The van der Waals surface area contributed by atoms with Crippen LogP contribution in [0.3, 0.4) is 0 Å². The largest absolute Gasteiger partial charge is 0.494 e. The lowest BCUT2D eigenvalue weighted by Gasteiger charge is -2.13. The number of alkyl halides is 1. The van der Waals surface area contributed by atoms with Crippen molar-refractivity contribution in [3.8, 4) is 5.75 Å². The molecule has 100 valence electrons. The Balaban J connectivity index is 2.27. The third-order valence-corrected chi connectivity index (χ3v) is 4.68. The highest BCUT2D eigenvalue weighted by Crippen LogP contribution is 2.34. The lowest BCUT2D eigenvalue weighted by atomic mass is 10.0. The number of rotatable bonds is 4. The molecule has 0 aliphatic heterocycles. The molecule has 1 nitrogen and oxygen atoms in total. The second kappa shape index (κ2) is 6.95. The van der Waals surface area contributed by atoms with Gasteiger partial charge in [-0.25, -0.2) is 0 Å². The number of hydrogen-bond donors (Lipinski definition) is 0. The first-order valence-electron chi connectivity index (χ1n) is 5.93. The van der Waals surface area contributed by atoms with Crippen molar-refractivity contribution in [3.63, 3.8) is 0 Å². The molecule has 0 aliphatic carbocycles. The van der Waals surface area contributed by atoms with E-state index in [1.165, 1.54) is 0 Å². The number of halogens is 3. The monoisotopic (exact) mass is 450 g/mol. The molecule has 0 fully saturated rings. The molecule has 2 aromatic carbocycles. The van der Waals surface area contributed by atoms with Gasteiger partial charge in [0.25, 0.3) is 0 Å². The van der Waals surface area contributed by atoms with Crippen LogP contribution < -0.4 is 4.74 Å². The minimum absolute atomic E-state index is 0.153. The van der Waals surface area contributed by atoms with Crippen LogP contribution in [0.4, 0.5) is 0 Å². The minimum atomic E-state index is -0.153. The highest BCUT2D eigenvalue weighted by atomic mass is 127. The van der Waals surface area contributed by atoms with E-state index in [0.29, 0.717) is 6.61 Å². The highest BCUT2D eigenvalue weighted by molar-refractivity contribution is 14.1. The summed E-state index contributed by atoms with van der Waals surface area (Å²) in [6, 6.07) is 14.1. The second-order valence-corrected chi connectivity index (χ2v) is 6.54. The molecule has 1 atom stereocenters. The molecule has 0 bridgehead atoms. The van der Waals surface area contributed by atoms with Gasteiger partial charge in [0.05, 0.1) is 12.0 Å². The predicted octanol–water partition coefficient (Wildman–Crippen LogP) is 5.78. The summed E-state index contributed by atoms with van der Waals surface area (Å²) in [6.45, 7) is 2.65. The third-order valence-electron chi connectivity index (χ3n) is 2.71. The van der Waals surface area contributed by atoms with E-state index in [-0.39, 0.29) is 5.38 Å². The van der Waals surface area contributed by atoms with Crippen LogP contribution in [0.2, 0.25) is 0 Å². The van der Waals surface area contributed by atoms with E-state index in [2.05, 4.69) is 50.7 Å². The van der Waals surface area contributed by atoms with Gasteiger partial charge in [0.15, 0.2) is 0 Å². The van der Waals surface area contributed by atoms with Crippen LogP contribution in [0.1, 0.15) is 23.4 Å². The zero-order valence-electron chi connectivity index (χ0n) is 10.4. The SMILES string of the molecule is CCOc1ccc(C(Cl)c2cc(Br)ccc2I)cc1. The molecule has 0 saturated carbocycles. The maximum atomic E-state index is 6.57. The molecule has 0 N–H and O–H groups in total. The fourth-order valence-corrected chi connectivity index (χ4v) is 3.32. The molecular formula is C15H13BrClIO. The van der Waals surface area contributed by atoms with E-state index in [9.17, 15) is 0 Å². The van der Waals surface area contributed by atoms with Crippen LogP contribution >= 0.6 is 50.1 Å².